The zero-order valence-electron chi connectivity index (χ0n) is 17.0. The lowest BCUT2D eigenvalue weighted by atomic mass is 10.1. The molecule has 154 valence electrons. The van der Waals surface area contributed by atoms with E-state index in [4.69, 9.17) is 4.74 Å². The number of aryl methyl sites for hydroxylation is 2. The lowest BCUT2D eigenvalue weighted by Gasteiger charge is -2.33. The fourth-order valence-electron chi connectivity index (χ4n) is 3.61. The molecule has 0 saturated carbocycles. The Morgan fingerprint density at radius 3 is 2.48 bits per heavy atom. The van der Waals surface area contributed by atoms with Crippen molar-refractivity contribution in [3.05, 3.63) is 53.3 Å². The number of hydrogen-bond donors (Lipinski definition) is 1. The Labute approximate surface area is 171 Å². The third-order valence-electron chi connectivity index (χ3n) is 5.56. The van der Waals surface area contributed by atoms with Gasteiger partial charge in [0.15, 0.2) is 0 Å². The molecule has 29 heavy (non-hydrogen) atoms. The highest BCUT2D eigenvalue weighted by Gasteiger charge is 2.29. The number of benzene rings is 2. The molecule has 3 aromatic rings. The van der Waals surface area contributed by atoms with E-state index in [-0.39, 0.29) is 0 Å². The molecule has 7 nitrogen and oxygen atoms in total. The standard InChI is InChI=1S/C21H26N4O3S/c1-15-4-6-18(12-16(15)2)29(26,27)25-10-8-24(9-11-25)14-21-22-19-7-5-17(28-3)13-20(19)23-21/h4-7,12-13H,8-11,14H2,1-3H3,(H,22,23). The van der Waals surface area contributed by atoms with Crippen LogP contribution in [-0.4, -0.2) is 60.9 Å². The molecule has 1 fully saturated rings. The van der Waals surface area contributed by atoms with Gasteiger partial charge in [-0.1, -0.05) is 6.07 Å². The van der Waals surface area contributed by atoms with E-state index >= 15 is 0 Å². The molecular weight excluding hydrogens is 388 g/mol. The average Bonchev–Trinajstić information content (AvgIpc) is 3.11. The summed E-state index contributed by atoms with van der Waals surface area (Å²) < 4.78 is 32.8. The van der Waals surface area contributed by atoms with E-state index in [0.717, 1.165) is 33.7 Å². The summed E-state index contributed by atoms with van der Waals surface area (Å²) in [5.41, 5.74) is 3.93. The molecule has 1 saturated heterocycles. The summed E-state index contributed by atoms with van der Waals surface area (Å²) in [7, 11) is -1.81. The van der Waals surface area contributed by atoms with Crippen LogP contribution >= 0.6 is 0 Å². The molecule has 2 heterocycles. The van der Waals surface area contributed by atoms with Crippen LogP contribution in [0.5, 0.6) is 5.75 Å². The minimum Gasteiger partial charge on any atom is -0.497 e. The maximum absolute atomic E-state index is 13.0. The van der Waals surface area contributed by atoms with Gasteiger partial charge in [-0.2, -0.15) is 4.31 Å². The Bertz CT molecular complexity index is 1130. The minimum absolute atomic E-state index is 0.375. The number of ether oxygens (including phenoxy) is 1. The summed E-state index contributed by atoms with van der Waals surface area (Å²) in [4.78, 5) is 10.6. The van der Waals surface area contributed by atoms with Crippen molar-refractivity contribution >= 4 is 21.1 Å². The number of imidazole rings is 1. The largest absolute Gasteiger partial charge is 0.497 e. The molecule has 1 aliphatic rings. The van der Waals surface area contributed by atoms with Crippen molar-refractivity contribution in [2.45, 2.75) is 25.3 Å². The molecule has 0 unspecified atom stereocenters. The number of nitrogens with zero attached hydrogens (tertiary/aromatic N) is 3. The number of methoxy groups -OCH3 is 1. The lowest BCUT2D eigenvalue weighted by molar-refractivity contribution is 0.178. The molecule has 0 radical (unpaired) electrons. The van der Waals surface area contributed by atoms with Crippen molar-refractivity contribution in [1.82, 2.24) is 19.2 Å². The van der Waals surface area contributed by atoms with E-state index in [2.05, 4.69) is 14.9 Å². The SMILES string of the molecule is COc1ccc2nc(CN3CCN(S(=O)(=O)c4ccc(C)c(C)c4)CC3)[nH]c2c1. The molecule has 0 spiro atoms. The predicted molar refractivity (Wildman–Crippen MR) is 113 cm³/mol. The normalized spacial score (nSPS) is 16.4. The summed E-state index contributed by atoms with van der Waals surface area (Å²) in [5, 5.41) is 0. The van der Waals surface area contributed by atoms with Gasteiger partial charge < -0.3 is 9.72 Å². The number of aromatic amines is 1. The van der Waals surface area contributed by atoms with Crippen LogP contribution in [0.25, 0.3) is 11.0 Å². The quantitative estimate of drug-likeness (QED) is 0.695. The van der Waals surface area contributed by atoms with Crippen molar-refractivity contribution in [3.8, 4) is 5.75 Å². The first-order valence-corrected chi connectivity index (χ1v) is 11.1. The molecule has 1 N–H and O–H groups in total. The predicted octanol–water partition coefficient (Wildman–Crippen LogP) is 2.69. The number of piperazine rings is 1. The van der Waals surface area contributed by atoms with Gasteiger partial charge in [-0.25, -0.2) is 13.4 Å². The van der Waals surface area contributed by atoms with Gasteiger partial charge in [0, 0.05) is 32.2 Å². The molecule has 0 aliphatic carbocycles. The van der Waals surface area contributed by atoms with Crippen LogP contribution in [-0.2, 0) is 16.6 Å². The Hall–Kier alpha value is -2.42. The molecule has 2 aromatic carbocycles. The highest BCUT2D eigenvalue weighted by atomic mass is 32.2. The number of hydrogen-bond acceptors (Lipinski definition) is 5. The topological polar surface area (TPSA) is 78.5 Å². The minimum atomic E-state index is -3.46. The van der Waals surface area contributed by atoms with Gasteiger partial charge in [-0.3, -0.25) is 4.90 Å². The van der Waals surface area contributed by atoms with Crippen LogP contribution in [0, 0.1) is 13.8 Å². The second-order valence-electron chi connectivity index (χ2n) is 7.49. The number of fused-ring (bicyclic) bond motifs is 1. The zero-order chi connectivity index (χ0) is 20.6. The molecule has 1 aromatic heterocycles. The van der Waals surface area contributed by atoms with Crippen molar-refractivity contribution in [2.75, 3.05) is 33.3 Å². The van der Waals surface area contributed by atoms with Gasteiger partial charge in [-0.15, -0.1) is 0 Å². The summed E-state index contributed by atoms with van der Waals surface area (Å²) in [6.07, 6.45) is 0. The Morgan fingerprint density at radius 1 is 1.03 bits per heavy atom. The van der Waals surface area contributed by atoms with Gasteiger partial charge in [0.05, 0.1) is 29.6 Å². The van der Waals surface area contributed by atoms with Crippen molar-refractivity contribution < 1.29 is 13.2 Å². The fourth-order valence-corrected chi connectivity index (χ4v) is 5.11. The summed E-state index contributed by atoms with van der Waals surface area (Å²) >= 11 is 0. The molecule has 0 atom stereocenters. The van der Waals surface area contributed by atoms with Crippen molar-refractivity contribution in [1.29, 1.82) is 0 Å². The summed E-state index contributed by atoms with van der Waals surface area (Å²) in [6.45, 7) is 6.88. The van der Waals surface area contributed by atoms with E-state index in [9.17, 15) is 8.42 Å². The number of aromatic nitrogens is 2. The van der Waals surface area contributed by atoms with Crippen LogP contribution in [0.1, 0.15) is 17.0 Å². The highest BCUT2D eigenvalue weighted by Crippen LogP contribution is 2.22. The van der Waals surface area contributed by atoms with Crippen LogP contribution in [0.2, 0.25) is 0 Å². The molecule has 4 rings (SSSR count). The molecule has 8 heteroatoms. The Morgan fingerprint density at radius 2 is 1.79 bits per heavy atom. The second kappa shape index (κ2) is 7.78. The van der Waals surface area contributed by atoms with Gasteiger partial charge in [0.25, 0.3) is 0 Å². The smallest absolute Gasteiger partial charge is 0.243 e. The average molecular weight is 415 g/mol. The van der Waals surface area contributed by atoms with Gasteiger partial charge >= 0.3 is 0 Å². The van der Waals surface area contributed by atoms with E-state index in [1.807, 2.05) is 38.1 Å². The Kier molecular flexibility index (Phi) is 5.33. The first kappa shape index (κ1) is 19.9. The van der Waals surface area contributed by atoms with Gasteiger partial charge in [-0.05, 0) is 49.2 Å². The number of rotatable bonds is 5. The highest BCUT2D eigenvalue weighted by molar-refractivity contribution is 7.89. The zero-order valence-corrected chi connectivity index (χ0v) is 17.8. The third-order valence-corrected chi connectivity index (χ3v) is 7.45. The summed E-state index contributed by atoms with van der Waals surface area (Å²) in [5.74, 6) is 1.66. The van der Waals surface area contributed by atoms with Gasteiger partial charge in [0.2, 0.25) is 10.0 Å². The molecular formula is C21H26N4O3S. The van der Waals surface area contributed by atoms with E-state index in [1.54, 1.807) is 23.5 Å². The number of sulfonamides is 1. The maximum atomic E-state index is 13.0. The number of H-pyrrole nitrogens is 1. The van der Waals surface area contributed by atoms with Crippen LogP contribution in [0.4, 0.5) is 0 Å². The first-order chi connectivity index (χ1) is 13.9. The van der Waals surface area contributed by atoms with E-state index in [1.165, 1.54) is 0 Å². The molecule has 0 amide bonds. The van der Waals surface area contributed by atoms with Crippen molar-refractivity contribution in [3.63, 3.8) is 0 Å². The van der Waals surface area contributed by atoms with Crippen LogP contribution < -0.4 is 4.74 Å². The van der Waals surface area contributed by atoms with E-state index < -0.39 is 10.0 Å². The number of nitrogens with one attached hydrogen (secondary N) is 1. The molecule has 0 bridgehead atoms. The van der Waals surface area contributed by atoms with Crippen molar-refractivity contribution in [2.24, 2.45) is 0 Å². The summed E-state index contributed by atoms with van der Waals surface area (Å²) in [6, 6.07) is 11.1. The first-order valence-electron chi connectivity index (χ1n) is 9.69. The molecule has 1 aliphatic heterocycles. The Balaban J connectivity index is 1.42. The maximum Gasteiger partial charge on any atom is 0.243 e. The third kappa shape index (κ3) is 4.01. The van der Waals surface area contributed by atoms with Crippen LogP contribution in [0.15, 0.2) is 41.3 Å². The second-order valence-corrected chi connectivity index (χ2v) is 9.43. The van der Waals surface area contributed by atoms with Crippen LogP contribution in [0.3, 0.4) is 0 Å². The lowest BCUT2D eigenvalue weighted by Crippen LogP contribution is -2.48. The monoisotopic (exact) mass is 414 g/mol. The van der Waals surface area contributed by atoms with Gasteiger partial charge in [0.1, 0.15) is 11.6 Å². The van der Waals surface area contributed by atoms with E-state index in [0.29, 0.717) is 37.6 Å². The fraction of sp³-hybridized carbons (Fsp3) is 0.381.